The number of hydrogen-bond acceptors (Lipinski definition) is 6. The number of allylic oxidation sites excluding steroid dienone is 1. The lowest BCUT2D eigenvalue weighted by atomic mass is 10.2. The van der Waals surface area contributed by atoms with Gasteiger partial charge in [-0.15, -0.1) is 6.58 Å². The molecule has 0 bridgehead atoms. The molecule has 0 spiro atoms. The van der Waals surface area contributed by atoms with E-state index < -0.39 is 17.6 Å². The van der Waals surface area contributed by atoms with Crippen molar-refractivity contribution in [2.24, 2.45) is 5.92 Å². The Kier molecular flexibility index (Phi) is 20.4. The number of rotatable bonds is 17. The van der Waals surface area contributed by atoms with Crippen molar-refractivity contribution >= 4 is 17.6 Å². The maximum atomic E-state index is 5.76. The highest BCUT2D eigenvalue weighted by Gasteiger charge is 2.40. The normalized spacial score (nSPS) is 12.0. The van der Waals surface area contributed by atoms with Crippen LogP contribution in [0.5, 0.6) is 0 Å². The minimum absolute atomic E-state index is 0.625. The molecule has 0 aromatic rings. The van der Waals surface area contributed by atoms with Crippen LogP contribution in [0.1, 0.15) is 61.8 Å². The molecule has 170 valence electrons. The molecule has 6 nitrogen and oxygen atoms in total. The Balaban J connectivity index is 0. The van der Waals surface area contributed by atoms with Crippen molar-refractivity contribution in [3.05, 3.63) is 12.7 Å². The van der Waals surface area contributed by atoms with E-state index in [1.807, 2.05) is 41.5 Å². The molecule has 0 heterocycles. The molecule has 8 heteroatoms. The van der Waals surface area contributed by atoms with Gasteiger partial charge in [-0.3, -0.25) is 0 Å². The summed E-state index contributed by atoms with van der Waals surface area (Å²) in [5.41, 5.74) is 0. The van der Waals surface area contributed by atoms with Crippen molar-refractivity contribution < 1.29 is 26.6 Å². The molecule has 0 aromatic heterocycles. The Morgan fingerprint density at radius 1 is 0.643 bits per heavy atom. The second-order valence-electron chi connectivity index (χ2n) is 6.39. The lowest BCUT2D eigenvalue weighted by molar-refractivity contribution is 0.0698. The Labute approximate surface area is 176 Å². The largest absolute Gasteiger partial charge is 0.504 e. The van der Waals surface area contributed by atoms with Gasteiger partial charge in [0.2, 0.25) is 0 Å². The fraction of sp³-hybridized carbons (Fsp3) is 0.900. The zero-order valence-electron chi connectivity index (χ0n) is 19.7. The van der Waals surface area contributed by atoms with Crippen LogP contribution >= 0.6 is 0 Å². The molecular weight excluding hydrogens is 392 g/mol. The van der Waals surface area contributed by atoms with Crippen LogP contribution in [0.3, 0.4) is 0 Å². The van der Waals surface area contributed by atoms with E-state index in [0.717, 1.165) is 12.5 Å². The smallest absolute Gasteiger partial charge is 0.374 e. The standard InChI is InChI=1S/C11H26O3Si.C9H20O3Si/c1-6-12-15(13-7-2,14-8-3)10-9-11(4)5;1-5-9-13(10-6-2,11-7-3)12-8-4/h11H,6-10H2,1-5H3;5H,1,6-9H2,2-4H3. The third kappa shape index (κ3) is 14.0. The van der Waals surface area contributed by atoms with E-state index in [-0.39, 0.29) is 0 Å². The van der Waals surface area contributed by atoms with Crippen molar-refractivity contribution in [1.29, 1.82) is 0 Å². The molecule has 0 aromatic carbocycles. The van der Waals surface area contributed by atoms with Gasteiger partial charge in [0.05, 0.1) is 0 Å². The molecular formula is C20H46O6Si2. The summed E-state index contributed by atoms with van der Waals surface area (Å²) in [7, 11) is -4.77. The second kappa shape index (κ2) is 18.9. The zero-order chi connectivity index (χ0) is 21.9. The van der Waals surface area contributed by atoms with E-state index in [4.69, 9.17) is 26.6 Å². The van der Waals surface area contributed by atoms with Crippen LogP contribution in [-0.2, 0) is 26.6 Å². The highest BCUT2D eigenvalue weighted by Crippen LogP contribution is 2.21. The summed E-state index contributed by atoms with van der Waals surface area (Å²) in [6.45, 7) is 23.8. The van der Waals surface area contributed by atoms with Gasteiger partial charge in [-0.25, -0.2) is 0 Å². The average Bonchev–Trinajstić information content (AvgIpc) is 2.62. The molecule has 0 unspecified atom stereocenters. The van der Waals surface area contributed by atoms with E-state index in [1.54, 1.807) is 6.08 Å². The van der Waals surface area contributed by atoms with Crippen LogP contribution in [0.4, 0.5) is 0 Å². The van der Waals surface area contributed by atoms with Crippen LogP contribution in [0.2, 0.25) is 12.1 Å². The van der Waals surface area contributed by atoms with E-state index in [1.165, 1.54) is 0 Å². The number of hydrogen-bond donors (Lipinski definition) is 0. The van der Waals surface area contributed by atoms with E-state index >= 15 is 0 Å². The topological polar surface area (TPSA) is 55.4 Å². The third-order valence-corrected chi connectivity index (χ3v) is 9.67. The second-order valence-corrected chi connectivity index (χ2v) is 11.8. The summed E-state index contributed by atoms with van der Waals surface area (Å²) in [4.78, 5) is 0. The zero-order valence-corrected chi connectivity index (χ0v) is 21.7. The summed E-state index contributed by atoms with van der Waals surface area (Å²) in [5.74, 6) is 0.665. The molecule has 0 rings (SSSR count). The van der Waals surface area contributed by atoms with Gasteiger partial charge < -0.3 is 26.6 Å². The predicted octanol–water partition coefficient (Wildman–Crippen LogP) is 5.30. The molecule has 0 aliphatic carbocycles. The van der Waals surface area contributed by atoms with Crippen LogP contribution < -0.4 is 0 Å². The molecule has 0 saturated carbocycles. The monoisotopic (exact) mass is 438 g/mol. The van der Waals surface area contributed by atoms with Crippen molar-refractivity contribution in [2.75, 3.05) is 39.6 Å². The summed E-state index contributed by atoms with van der Waals surface area (Å²) < 4.78 is 34.0. The first-order valence-corrected chi connectivity index (χ1v) is 14.6. The Bertz CT molecular complexity index is 322. The van der Waals surface area contributed by atoms with Crippen molar-refractivity contribution in [3.63, 3.8) is 0 Å². The molecule has 0 aliphatic heterocycles. The molecule has 0 fully saturated rings. The lowest BCUT2D eigenvalue weighted by Crippen LogP contribution is -2.46. The quantitative estimate of drug-likeness (QED) is 0.227. The fourth-order valence-electron chi connectivity index (χ4n) is 2.60. The van der Waals surface area contributed by atoms with Gasteiger partial charge in [0.25, 0.3) is 0 Å². The Hall–Kier alpha value is -0.0662. The van der Waals surface area contributed by atoms with Gasteiger partial charge in [0.15, 0.2) is 0 Å². The van der Waals surface area contributed by atoms with Crippen molar-refractivity contribution in [2.45, 2.75) is 73.9 Å². The molecule has 0 radical (unpaired) electrons. The summed E-state index contributed by atoms with van der Waals surface area (Å²) in [6.07, 6.45) is 2.90. The van der Waals surface area contributed by atoms with Gasteiger partial charge in [-0.2, -0.15) is 0 Å². The first-order valence-electron chi connectivity index (χ1n) is 10.8. The molecule has 0 amide bonds. The van der Waals surface area contributed by atoms with E-state index in [2.05, 4.69) is 20.4 Å². The van der Waals surface area contributed by atoms with Gasteiger partial charge in [-0.05, 0) is 53.9 Å². The maximum Gasteiger partial charge on any atom is 0.504 e. The average molecular weight is 439 g/mol. The maximum absolute atomic E-state index is 5.76. The minimum Gasteiger partial charge on any atom is -0.374 e. The van der Waals surface area contributed by atoms with Gasteiger partial charge in [-0.1, -0.05) is 19.9 Å². The van der Waals surface area contributed by atoms with Crippen LogP contribution in [0.15, 0.2) is 12.7 Å². The van der Waals surface area contributed by atoms with E-state index in [0.29, 0.717) is 51.6 Å². The van der Waals surface area contributed by atoms with Gasteiger partial charge in [0, 0.05) is 51.7 Å². The van der Waals surface area contributed by atoms with Gasteiger partial charge >= 0.3 is 17.6 Å². The van der Waals surface area contributed by atoms with Crippen molar-refractivity contribution in [3.8, 4) is 0 Å². The summed E-state index contributed by atoms with van der Waals surface area (Å²) >= 11 is 0. The fourth-order valence-corrected chi connectivity index (χ4v) is 7.81. The first-order chi connectivity index (χ1) is 13.3. The van der Waals surface area contributed by atoms with Gasteiger partial charge in [0.1, 0.15) is 0 Å². The first kappa shape index (κ1) is 30.1. The molecule has 0 N–H and O–H groups in total. The lowest BCUT2D eigenvalue weighted by Gasteiger charge is -2.28. The summed E-state index contributed by atoms with van der Waals surface area (Å²) in [6, 6.07) is 1.61. The van der Waals surface area contributed by atoms with Crippen LogP contribution in [-0.4, -0.2) is 57.3 Å². The molecule has 0 atom stereocenters. The SMILES string of the molecule is C=CC[Si](OCC)(OCC)OCC.CCO[Si](CCC(C)C)(OCC)OCC. The van der Waals surface area contributed by atoms with Crippen molar-refractivity contribution in [1.82, 2.24) is 0 Å². The predicted molar refractivity (Wildman–Crippen MR) is 121 cm³/mol. The van der Waals surface area contributed by atoms with Crippen LogP contribution in [0.25, 0.3) is 0 Å². The molecule has 0 aliphatic rings. The molecule has 28 heavy (non-hydrogen) atoms. The molecule has 0 saturated heterocycles. The Morgan fingerprint density at radius 3 is 1.21 bits per heavy atom. The van der Waals surface area contributed by atoms with E-state index in [9.17, 15) is 0 Å². The van der Waals surface area contributed by atoms with Crippen LogP contribution in [0, 0.1) is 5.92 Å². The summed E-state index contributed by atoms with van der Waals surface area (Å²) in [5, 5.41) is 0. The third-order valence-electron chi connectivity index (χ3n) is 3.61. The Morgan fingerprint density at radius 2 is 0.964 bits per heavy atom. The highest BCUT2D eigenvalue weighted by atomic mass is 28.4. The highest BCUT2D eigenvalue weighted by molar-refractivity contribution is 6.61. The minimum atomic E-state index is -2.41.